The van der Waals surface area contributed by atoms with Crippen molar-refractivity contribution >= 4 is 46.6 Å². The van der Waals surface area contributed by atoms with Crippen LogP contribution in [0.4, 0.5) is 23.8 Å². The van der Waals surface area contributed by atoms with E-state index in [9.17, 15) is 27.6 Å². The molecule has 15 heteroatoms. The lowest BCUT2D eigenvalue weighted by molar-refractivity contribution is -0.212. The zero-order chi connectivity index (χ0) is 28.1. The Bertz CT molecular complexity index is 1430. The van der Waals surface area contributed by atoms with Crippen molar-refractivity contribution in [2.45, 2.75) is 44.4 Å². The van der Waals surface area contributed by atoms with Crippen molar-refractivity contribution in [3.8, 4) is 5.75 Å². The number of amides is 3. The van der Waals surface area contributed by atoms with E-state index in [-0.39, 0.29) is 41.7 Å². The van der Waals surface area contributed by atoms with Gasteiger partial charge in [0.1, 0.15) is 17.9 Å². The van der Waals surface area contributed by atoms with Gasteiger partial charge in [-0.15, -0.1) is 11.3 Å². The number of anilines is 1. The Kier molecular flexibility index (Phi) is 7.10. The summed E-state index contributed by atoms with van der Waals surface area (Å²) in [6, 6.07) is -0.0407. The van der Waals surface area contributed by atoms with Gasteiger partial charge in [-0.3, -0.25) is 9.59 Å². The monoisotopic (exact) mass is 585 g/mol. The van der Waals surface area contributed by atoms with E-state index < -0.39 is 41.7 Å². The van der Waals surface area contributed by atoms with E-state index in [4.69, 9.17) is 20.8 Å². The topological polar surface area (TPSA) is 110 Å². The van der Waals surface area contributed by atoms with E-state index in [2.05, 4.69) is 10.4 Å². The Morgan fingerprint density at radius 1 is 1.26 bits per heavy atom. The third kappa shape index (κ3) is 4.75. The number of hydrogen-bond acceptors (Lipinski definition) is 8. The standard InChI is InChI=1S/C24H23ClF3N5O5S/c1-12-10-38-11-14(12)21(34)33-20(29-9-13-5-6-15(25)39-13)18(37-2)17(30-33)16-19(24(26,27)28)32(22(16)35)23(36)31-7-3-4-8-31/h5-6,10-11,16,19,29H,3-4,7-9H2,1-2H3. The summed E-state index contributed by atoms with van der Waals surface area (Å²) in [4.78, 5) is 41.7. The first-order valence-electron chi connectivity index (χ1n) is 11.9. The number of urea groups is 1. The van der Waals surface area contributed by atoms with Crippen LogP contribution in [0.1, 0.15) is 45.3 Å². The van der Waals surface area contributed by atoms with Gasteiger partial charge in [0, 0.05) is 23.5 Å². The van der Waals surface area contributed by atoms with Crippen LogP contribution in [0.3, 0.4) is 0 Å². The molecule has 3 aromatic heterocycles. The lowest BCUT2D eigenvalue weighted by Crippen LogP contribution is -2.69. The number of hydrogen-bond donors (Lipinski definition) is 1. The Morgan fingerprint density at radius 2 is 1.97 bits per heavy atom. The molecule has 5 heterocycles. The van der Waals surface area contributed by atoms with Gasteiger partial charge in [-0.2, -0.15) is 23.0 Å². The number of rotatable bonds is 6. The van der Waals surface area contributed by atoms with Crippen molar-refractivity contribution < 1.29 is 36.7 Å². The average molecular weight is 586 g/mol. The molecular formula is C24H23ClF3N5O5S. The summed E-state index contributed by atoms with van der Waals surface area (Å²) >= 11 is 7.27. The number of imide groups is 1. The normalized spacial score (nSPS) is 19.4. The zero-order valence-corrected chi connectivity index (χ0v) is 22.3. The lowest BCUT2D eigenvalue weighted by Gasteiger charge is -2.46. The van der Waals surface area contributed by atoms with Crippen LogP contribution in [-0.4, -0.2) is 69.8 Å². The summed E-state index contributed by atoms with van der Waals surface area (Å²) in [6.45, 7) is 2.30. The number of carbonyl (C=O) groups excluding carboxylic acids is 3. The minimum Gasteiger partial charge on any atom is -0.491 e. The number of carbonyl (C=O) groups is 3. The molecule has 3 aromatic rings. The van der Waals surface area contributed by atoms with Crippen molar-refractivity contribution in [1.82, 2.24) is 19.6 Å². The average Bonchev–Trinajstić information content (AvgIpc) is 3.67. The highest BCUT2D eigenvalue weighted by atomic mass is 35.5. The van der Waals surface area contributed by atoms with Crippen molar-refractivity contribution in [3.05, 3.63) is 50.7 Å². The molecule has 2 atom stereocenters. The van der Waals surface area contributed by atoms with Gasteiger partial charge < -0.3 is 19.4 Å². The molecule has 1 N–H and O–H groups in total. The Hall–Kier alpha value is -3.52. The van der Waals surface area contributed by atoms with Gasteiger partial charge in [0.2, 0.25) is 5.91 Å². The van der Waals surface area contributed by atoms with Crippen LogP contribution >= 0.6 is 22.9 Å². The number of aryl methyl sites for hydroxylation is 1. The number of halogens is 4. The molecule has 2 aliphatic heterocycles. The maximum Gasteiger partial charge on any atom is 0.410 e. The van der Waals surface area contributed by atoms with Crippen LogP contribution in [-0.2, 0) is 11.3 Å². The van der Waals surface area contributed by atoms with Crippen molar-refractivity contribution in [3.63, 3.8) is 0 Å². The summed E-state index contributed by atoms with van der Waals surface area (Å²) in [5.41, 5.74) is 0.186. The molecule has 0 saturated carbocycles. The number of ether oxygens (including phenoxy) is 1. The molecule has 208 valence electrons. The molecule has 10 nitrogen and oxygen atoms in total. The second-order valence-corrected chi connectivity index (χ2v) is 11.0. The van der Waals surface area contributed by atoms with E-state index >= 15 is 0 Å². The smallest absolute Gasteiger partial charge is 0.410 e. The first-order valence-corrected chi connectivity index (χ1v) is 13.1. The Balaban J connectivity index is 1.57. The van der Waals surface area contributed by atoms with Crippen LogP contribution < -0.4 is 10.1 Å². The number of nitrogens with one attached hydrogen (secondary N) is 1. The molecule has 5 rings (SSSR count). The Morgan fingerprint density at radius 3 is 2.54 bits per heavy atom. The molecule has 0 aromatic carbocycles. The van der Waals surface area contributed by atoms with Gasteiger partial charge in [-0.05, 0) is 31.9 Å². The summed E-state index contributed by atoms with van der Waals surface area (Å²) in [6.07, 6.45) is -1.13. The number of aromatic nitrogens is 2. The van der Waals surface area contributed by atoms with Gasteiger partial charge in [0.05, 0.1) is 29.8 Å². The van der Waals surface area contributed by atoms with Crippen LogP contribution in [0.2, 0.25) is 4.34 Å². The molecule has 39 heavy (non-hydrogen) atoms. The summed E-state index contributed by atoms with van der Waals surface area (Å²) < 4.78 is 54.8. The SMILES string of the molecule is COc1c(C2C(=O)N(C(=O)N3CCCC3)C2C(F)(F)F)nn(C(=O)c2cocc2C)c1NCc1ccc(Cl)s1. The second-order valence-electron chi connectivity index (χ2n) is 9.16. The van der Waals surface area contributed by atoms with Crippen LogP contribution in [0, 0.1) is 6.92 Å². The van der Waals surface area contributed by atoms with Gasteiger partial charge in [0.15, 0.2) is 17.6 Å². The number of alkyl halides is 3. The molecule has 0 aliphatic carbocycles. The number of nitrogens with zero attached hydrogens (tertiary/aromatic N) is 4. The highest BCUT2D eigenvalue weighted by molar-refractivity contribution is 7.16. The molecule has 2 saturated heterocycles. The number of β-lactam (4-membered cyclic amide) rings is 1. The molecule has 2 fully saturated rings. The van der Waals surface area contributed by atoms with E-state index in [0.717, 1.165) is 9.56 Å². The Labute approximate surface area is 229 Å². The highest BCUT2D eigenvalue weighted by Gasteiger charge is 2.66. The third-order valence-corrected chi connectivity index (χ3v) is 7.95. The summed E-state index contributed by atoms with van der Waals surface area (Å²) in [5, 5.41) is 7.16. The first-order chi connectivity index (χ1) is 18.5. The van der Waals surface area contributed by atoms with E-state index in [1.807, 2.05) is 0 Å². The summed E-state index contributed by atoms with van der Waals surface area (Å²) in [7, 11) is 1.20. The fourth-order valence-corrected chi connectivity index (χ4v) is 5.83. The zero-order valence-electron chi connectivity index (χ0n) is 20.7. The first kappa shape index (κ1) is 27.1. The molecular weight excluding hydrogens is 563 g/mol. The van der Waals surface area contributed by atoms with Crippen LogP contribution in [0.5, 0.6) is 5.75 Å². The molecule has 0 radical (unpaired) electrons. The molecule has 2 aliphatic rings. The predicted molar refractivity (Wildman–Crippen MR) is 134 cm³/mol. The number of methoxy groups -OCH3 is 1. The maximum absolute atomic E-state index is 14.3. The van der Waals surface area contributed by atoms with Crippen molar-refractivity contribution in [2.24, 2.45) is 0 Å². The quantitative estimate of drug-likeness (QED) is 0.411. The van der Waals surface area contributed by atoms with Crippen LogP contribution in [0.15, 0.2) is 29.1 Å². The van der Waals surface area contributed by atoms with Gasteiger partial charge in [-0.1, -0.05) is 11.6 Å². The second kappa shape index (κ2) is 10.2. The van der Waals surface area contributed by atoms with Crippen molar-refractivity contribution in [1.29, 1.82) is 0 Å². The highest BCUT2D eigenvalue weighted by Crippen LogP contribution is 2.49. The van der Waals surface area contributed by atoms with Gasteiger partial charge in [0.25, 0.3) is 5.91 Å². The fraction of sp³-hybridized carbons (Fsp3) is 0.417. The minimum atomic E-state index is -4.95. The van der Waals surface area contributed by atoms with E-state index in [1.165, 1.54) is 35.9 Å². The number of furan rings is 1. The van der Waals surface area contributed by atoms with E-state index in [1.54, 1.807) is 19.1 Å². The maximum atomic E-state index is 14.3. The van der Waals surface area contributed by atoms with Crippen LogP contribution in [0.25, 0.3) is 0 Å². The molecule has 3 amide bonds. The lowest BCUT2D eigenvalue weighted by atomic mass is 9.84. The molecule has 0 spiro atoms. The van der Waals surface area contributed by atoms with Crippen molar-refractivity contribution in [2.75, 3.05) is 25.5 Å². The van der Waals surface area contributed by atoms with E-state index in [0.29, 0.717) is 22.7 Å². The molecule has 2 unspecified atom stereocenters. The summed E-state index contributed by atoms with van der Waals surface area (Å²) in [5.74, 6) is -3.94. The molecule has 0 bridgehead atoms. The largest absolute Gasteiger partial charge is 0.491 e. The van der Waals surface area contributed by atoms with Gasteiger partial charge in [-0.25, -0.2) is 9.69 Å². The van der Waals surface area contributed by atoms with Gasteiger partial charge >= 0.3 is 12.2 Å². The minimum absolute atomic E-state index is 0.0549. The number of likely N-dealkylation sites (tertiary alicyclic amines) is 2. The third-order valence-electron chi connectivity index (χ3n) is 6.72. The predicted octanol–water partition coefficient (Wildman–Crippen LogP) is 4.88. The fourth-order valence-electron chi connectivity index (χ4n) is 4.80. The number of thiophene rings is 1.